The minimum atomic E-state index is -2.04. The van der Waals surface area contributed by atoms with Gasteiger partial charge in [0, 0.05) is 11.1 Å². The Bertz CT molecular complexity index is 2040. The summed E-state index contributed by atoms with van der Waals surface area (Å²) in [7, 11) is -2.04. The van der Waals surface area contributed by atoms with Crippen LogP contribution in [0.4, 0.5) is 0 Å². The van der Waals surface area contributed by atoms with Crippen LogP contribution in [0.3, 0.4) is 0 Å². The van der Waals surface area contributed by atoms with Crippen LogP contribution in [0, 0.1) is 20.8 Å². The summed E-state index contributed by atoms with van der Waals surface area (Å²) in [6.45, 7) is 31.3. The lowest BCUT2D eigenvalue weighted by Gasteiger charge is -2.40. The van der Waals surface area contributed by atoms with Crippen molar-refractivity contribution in [3.05, 3.63) is 127 Å². The van der Waals surface area contributed by atoms with Crippen LogP contribution in [-0.2, 0) is 23.7 Å². The van der Waals surface area contributed by atoms with Gasteiger partial charge < -0.3 is 0 Å². The molecule has 0 amide bonds. The van der Waals surface area contributed by atoms with Crippen molar-refractivity contribution in [2.24, 2.45) is 0 Å². The van der Waals surface area contributed by atoms with Crippen molar-refractivity contribution in [2.75, 3.05) is 0 Å². The molecule has 0 aromatic heterocycles. The number of benzene rings is 4. The van der Waals surface area contributed by atoms with Crippen molar-refractivity contribution in [2.45, 2.75) is 130 Å². The van der Waals surface area contributed by atoms with Crippen molar-refractivity contribution in [3.63, 3.8) is 0 Å². The molecule has 2 atom stereocenters. The third kappa shape index (κ3) is 5.56. The Morgan fingerprint density at radius 3 is 1.69 bits per heavy atom. The van der Waals surface area contributed by atoms with E-state index in [9.17, 15) is 0 Å². The fraction of sp³-hybridized carbons (Fsp3) is 0.417. The van der Waals surface area contributed by atoms with Crippen molar-refractivity contribution in [3.8, 4) is 22.3 Å². The van der Waals surface area contributed by atoms with Crippen LogP contribution in [-0.4, -0.2) is 8.07 Å². The number of hydrogen-bond acceptors (Lipinski definition) is 0. The topological polar surface area (TPSA) is 0 Å². The molecule has 0 nitrogen and oxygen atoms in total. The Morgan fingerprint density at radius 1 is 0.592 bits per heavy atom. The molecule has 49 heavy (non-hydrogen) atoms. The van der Waals surface area contributed by atoms with Crippen LogP contribution >= 0.6 is 0 Å². The summed E-state index contributed by atoms with van der Waals surface area (Å²) in [5.74, 6) is 0. The fourth-order valence-corrected chi connectivity index (χ4v) is 15.3. The zero-order chi connectivity index (χ0) is 35.4. The Morgan fingerprint density at radius 2 is 1.14 bits per heavy atom. The molecular formula is C48H58Si. The standard InChI is InChI=1S/C48H58Si/c1-28-21-29(2)23-35(22-28)43-32(5)42(48(9,10)11)27-41-38(43)24-30(3)46(41)49(12,13)45-31(4)25-39-40(45)26-34-15-14-16-37(34)44(39)33-17-19-36(20-18-33)47(6,7)8/h17-27,45-46H,14-16H2,1-13H3. The molecule has 0 saturated heterocycles. The smallest absolute Gasteiger partial charge is 0.0679 e. The summed E-state index contributed by atoms with van der Waals surface area (Å²) < 4.78 is 0. The van der Waals surface area contributed by atoms with Gasteiger partial charge in [0.05, 0.1) is 8.07 Å². The predicted molar refractivity (Wildman–Crippen MR) is 218 cm³/mol. The van der Waals surface area contributed by atoms with Crippen molar-refractivity contribution in [1.29, 1.82) is 0 Å². The second kappa shape index (κ2) is 11.6. The van der Waals surface area contributed by atoms with E-state index in [1.165, 1.54) is 80.5 Å². The first kappa shape index (κ1) is 34.0. The highest BCUT2D eigenvalue weighted by Gasteiger charge is 2.48. The van der Waals surface area contributed by atoms with E-state index in [1.807, 2.05) is 0 Å². The molecule has 254 valence electrons. The first-order chi connectivity index (χ1) is 22.9. The Hall–Kier alpha value is -3.42. The molecule has 4 aromatic carbocycles. The van der Waals surface area contributed by atoms with E-state index in [-0.39, 0.29) is 10.8 Å². The van der Waals surface area contributed by atoms with Crippen LogP contribution in [0.5, 0.6) is 0 Å². The van der Waals surface area contributed by atoms with Crippen molar-refractivity contribution in [1.82, 2.24) is 0 Å². The van der Waals surface area contributed by atoms with E-state index in [4.69, 9.17) is 0 Å². The molecule has 4 aromatic rings. The van der Waals surface area contributed by atoms with Crippen LogP contribution in [0.1, 0.15) is 134 Å². The fourth-order valence-electron chi connectivity index (χ4n) is 10.4. The molecule has 0 saturated carbocycles. The lowest BCUT2D eigenvalue weighted by atomic mass is 9.78. The van der Waals surface area contributed by atoms with Crippen molar-refractivity contribution >= 4 is 20.2 Å². The van der Waals surface area contributed by atoms with Crippen LogP contribution in [0.25, 0.3) is 34.4 Å². The van der Waals surface area contributed by atoms with E-state index >= 15 is 0 Å². The van der Waals surface area contributed by atoms with Crippen molar-refractivity contribution < 1.29 is 0 Å². The maximum atomic E-state index is 2.71. The highest BCUT2D eigenvalue weighted by molar-refractivity contribution is 6.81. The van der Waals surface area contributed by atoms with E-state index in [0.717, 1.165) is 0 Å². The molecule has 3 aliphatic carbocycles. The average molecular weight is 663 g/mol. The molecule has 0 N–H and O–H groups in total. The molecule has 0 fully saturated rings. The summed E-state index contributed by atoms with van der Waals surface area (Å²) in [4.78, 5) is 0. The van der Waals surface area contributed by atoms with Gasteiger partial charge in [0.1, 0.15) is 0 Å². The Kier molecular flexibility index (Phi) is 8.03. The molecule has 1 heteroatoms. The summed E-state index contributed by atoms with van der Waals surface area (Å²) >= 11 is 0. The van der Waals surface area contributed by atoms with E-state index in [1.54, 1.807) is 33.4 Å². The van der Waals surface area contributed by atoms with Gasteiger partial charge >= 0.3 is 0 Å². The highest BCUT2D eigenvalue weighted by atomic mass is 28.3. The Labute approximate surface area is 298 Å². The molecule has 0 heterocycles. The molecule has 7 rings (SSSR count). The van der Waals surface area contributed by atoms with Gasteiger partial charge in [-0.25, -0.2) is 0 Å². The monoisotopic (exact) mass is 662 g/mol. The Balaban J connectivity index is 1.41. The molecule has 0 aliphatic heterocycles. The number of aryl methyl sites for hydroxylation is 3. The number of allylic oxidation sites excluding steroid dienone is 2. The second-order valence-corrected chi connectivity index (χ2v) is 23.4. The van der Waals surface area contributed by atoms with Gasteiger partial charge in [-0.3, -0.25) is 0 Å². The number of rotatable bonds is 4. The minimum absolute atomic E-state index is 0.0627. The van der Waals surface area contributed by atoms with Gasteiger partial charge in [0.15, 0.2) is 0 Å². The quantitative estimate of drug-likeness (QED) is 0.191. The van der Waals surface area contributed by atoms with Gasteiger partial charge in [0.2, 0.25) is 0 Å². The third-order valence-corrected chi connectivity index (χ3v) is 16.8. The maximum Gasteiger partial charge on any atom is 0.0722 e. The molecule has 0 spiro atoms. The highest BCUT2D eigenvalue weighted by Crippen LogP contribution is 2.56. The SMILES string of the molecule is CC1=Cc2c(cc(C(C)(C)C)c(C)c2-c2cc(C)cc(C)c2)C1[Si](C)(C)C1C(C)=Cc2c1cc1c(c2-c2ccc(C(C)(C)C)cc2)CCC1. The van der Waals surface area contributed by atoms with Gasteiger partial charge in [-0.2, -0.15) is 0 Å². The molecule has 0 bridgehead atoms. The zero-order valence-electron chi connectivity index (χ0n) is 32.6. The summed E-state index contributed by atoms with van der Waals surface area (Å²) in [5.41, 5.74) is 26.5. The largest absolute Gasteiger partial charge is 0.0722 e. The van der Waals surface area contributed by atoms with Gasteiger partial charge in [-0.1, -0.05) is 144 Å². The number of hydrogen-bond donors (Lipinski definition) is 0. The average Bonchev–Trinajstić information content (AvgIpc) is 3.68. The van der Waals surface area contributed by atoms with Gasteiger partial charge in [0.25, 0.3) is 0 Å². The molecule has 2 unspecified atom stereocenters. The number of fused-ring (bicyclic) bond motifs is 3. The lowest BCUT2D eigenvalue weighted by Crippen LogP contribution is -2.42. The molecular weight excluding hydrogens is 605 g/mol. The maximum absolute atomic E-state index is 2.71. The lowest BCUT2D eigenvalue weighted by molar-refractivity contribution is 0.585. The van der Waals surface area contributed by atoms with Crippen LogP contribution in [0.15, 0.2) is 65.7 Å². The van der Waals surface area contributed by atoms with E-state index < -0.39 is 8.07 Å². The van der Waals surface area contributed by atoms with E-state index in [0.29, 0.717) is 11.1 Å². The summed E-state index contributed by atoms with van der Waals surface area (Å²) in [6, 6.07) is 22.0. The summed E-state index contributed by atoms with van der Waals surface area (Å²) in [5, 5.41) is 0. The van der Waals surface area contributed by atoms with Gasteiger partial charge in [-0.05, 0) is 137 Å². The van der Waals surface area contributed by atoms with Crippen LogP contribution in [0.2, 0.25) is 13.1 Å². The van der Waals surface area contributed by atoms with Gasteiger partial charge in [-0.15, -0.1) is 0 Å². The minimum Gasteiger partial charge on any atom is -0.0679 e. The van der Waals surface area contributed by atoms with Crippen LogP contribution < -0.4 is 0 Å². The summed E-state index contributed by atoms with van der Waals surface area (Å²) in [6.07, 6.45) is 8.87. The zero-order valence-corrected chi connectivity index (χ0v) is 33.6. The normalized spacial score (nSPS) is 18.7. The first-order valence-electron chi connectivity index (χ1n) is 18.8. The molecule has 0 radical (unpaired) electrons. The molecule has 3 aliphatic rings. The second-order valence-electron chi connectivity index (χ2n) is 18.6. The van der Waals surface area contributed by atoms with E-state index in [2.05, 4.69) is 156 Å². The first-order valence-corrected chi connectivity index (χ1v) is 22.0. The predicted octanol–water partition coefficient (Wildman–Crippen LogP) is 13.5. The third-order valence-electron chi connectivity index (χ3n) is 12.3.